The number of nitrogens with zero attached hydrogens (tertiary/aromatic N) is 2. The highest BCUT2D eigenvalue weighted by Crippen LogP contribution is 2.17. The van der Waals surface area contributed by atoms with Crippen LogP contribution in [0.2, 0.25) is 0 Å². The van der Waals surface area contributed by atoms with E-state index in [1.54, 1.807) is 0 Å². The number of benzene rings is 2. The van der Waals surface area contributed by atoms with Crippen molar-refractivity contribution >= 4 is 39.1 Å². The van der Waals surface area contributed by atoms with Crippen molar-refractivity contribution < 1.29 is 0 Å². The molecule has 0 fully saturated rings. The summed E-state index contributed by atoms with van der Waals surface area (Å²) < 4.78 is 1.10. The van der Waals surface area contributed by atoms with Crippen molar-refractivity contribution in [3.05, 3.63) is 94.6 Å². The molecule has 3 aromatic rings. The van der Waals surface area contributed by atoms with Gasteiger partial charge in [0.2, 0.25) is 0 Å². The summed E-state index contributed by atoms with van der Waals surface area (Å²) in [4.78, 5) is 6.89. The van der Waals surface area contributed by atoms with Gasteiger partial charge in [0, 0.05) is 36.8 Å². The molecule has 1 heterocycles. The highest BCUT2D eigenvalue weighted by atomic mass is 79.9. The lowest BCUT2D eigenvalue weighted by molar-refractivity contribution is 0.661. The summed E-state index contributed by atoms with van der Waals surface area (Å²) in [5.74, 6) is 1.01. The largest absolute Gasteiger partial charge is 0.363 e. The van der Waals surface area contributed by atoms with E-state index in [4.69, 9.17) is 12.2 Å². The molecule has 0 saturated carbocycles. The fourth-order valence-electron chi connectivity index (χ4n) is 3.46. The molecule has 0 aliphatic heterocycles. The number of nitrogens with one attached hydrogen (secondary N) is 2. The predicted molar refractivity (Wildman–Crippen MR) is 142 cm³/mol. The average molecular weight is 512 g/mol. The summed E-state index contributed by atoms with van der Waals surface area (Å²) >= 11 is 8.92. The number of pyridine rings is 1. The van der Waals surface area contributed by atoms with Gasteiger partial charge in [-0.3, -0.25) is 0 Å². The minimum atomic E-state index is 0.745. The molecule has 168 valence electrons. The Labute approximate surface area is 205 Å². The number of thiocarbonyl (C=S) groups is 1. The minimum Gasteiger partial charge on any atom is -0.363 e. The van der Waals surface area contributed by atoms with Crippen LogP contribution in [0.15, 0.2) is 83.5 Å². The Kier molecular flexibility index (Phi) is 10.5. The number of rotatable bonds is 12. The monoisotopic (exact) mass is 510 g/mol. The first-order valence-electron chi connectivity index (χ1n) is 11.2. The number of hydrogen-bond acceptors (Lipinski definition) is 3. The molecule has 0 unspecified atom stereocenters. The van der Waals surface area contributed by atoms with Crippen LogP contribution < -0.4 is 15.5 Å². The van der Waals surface area contributed by atoms with Crippen LogP contribution in [0.5, 0.6) is 0 Å². The standard InChI is InChI=1S/C26H31BrN4S/c27-24-15-13-23(14-16-24)21-31(25-12-4-5-17-28-25)20-7-6-18-29-26(32)30-19-8-11-22-9-2-1-3-10-22/h1-5,9-10,12-17H,6-8,11,18-21H2,(H2,29,30,32). The summed E-state index contributed by atoms with van der Waals surface area (Å²) in [6.07, 6.45) is 6.11. The number of anilines is 1. The highest BCUT2D eigenvalue weighted by molar-refractivity contribution is 9.10. The van der Waals surface area contributed by atoms with Crippen molar-refractivity contribution in [1.29, 1.82) is 0 Å². The number of unbranched alkanes of at least 4 members (excludes halogenated alkanes) is 1. The maximum atomic E-state index is 5.41. The lowest BCUT2D eigenvalue weighted by Crippen LogP contribution is -2.36. The van der Waals surface area contributed by atoms with Crippen molar-refractivity contribution in [2.24, 2.45) is 0 Å². The van der Waals surface area contributed by atoms with Crippen LogP contribution in [0, 0.1) is 0 Å². The van der Waals surface area contributed by atoms with E-state index < -0.39 is 0 Å². The average Bonchev–Trinajstić information content (AvgIpc) is 2.83. The van der Waals surface area contributed by atoms with E-state index in [1.807, 2.05) is 18.3 Å². The maximum Gasteiger partial charge on any atom is 0.166 e. The van der Waals surface area contributed by atoms with Gasteiger partial charge in [-0.05, 0) is 73.3 Å². The molecule has 0 radical (unpaired) electrons. The van der Waals surface area contributed by atoms with Gasteiger partial charge < -0.3 is 15.5 Å². The fourth-order valence-corrected chi connectivity index (χ4v) is 3.93. The summed E-state index contributed by atoms with van der Waals surface area (Å²) in [5.41, 5.74) is 2.65. The van der Waals surface area contributed by atoms with E-state index in [0.29, 0.717) is 0 Å². The van der Waals surface area contributed by atoms with Crippen LogP contribution >= 0.6 is 28.1 Å². The smallest absolute Gasteiger partial charge is 0.166 e. The zero-order valence-electron chi connectivity index (χ0n) is 18.3. The van der Waals surface area contributed by atoms with Gasteiger partial charge in [-0.2, -0.15) is 0 Å². The SMILES string of the molecule is S=C(NCCCCN(Cc1ccc(Br)cc1)c1ccccn1)NCCCc1ccccc1. The number of hydrogen-bond donors (Lipinski definition) is 2. The first kappa shape index (κ1) is 24.2. The van der Waals surface area contributed by atoms with E-state index in [9.17, 15) is 0 Å². The lowest BCUT2D eigenvalue weighted by atomic mass is 10.1. The first-order valence-corrected chi connectivity index (χ1v) is 12.4. The second-order valence-electron chi connectivity index (χ2n) is 7.71. The van der Waals surface area contributed by atoms with Crippen LogP contribution in [0.1, 0.15) is 30.4 Å². The molecule has 6 heteroatoms. The van der Waals surface area contributed by atoms with E-state index in [-0.39, 0.29) is 0 Å². The zero-order chi connectivity index (χ0) is 22.4. The van der Waals surface area contributed by atoms with Gasteiger partial charge in [0.15, 0.2) is 5.11 Å². The van der Waals surface area contributed by atoms with Crippen molar-refractivity contribution in [2.75, 3.05) is 24.5 Å². The molecule has 32 heavy (non-hydrogen) atoms. The van der Waals surface area contributed by atoms with E-state index in [2.05, 4.69) is 97.1 Å². The van der Waals surface area contributed by atoms with Gasteiger partial charge in [0.1, 0.15) is 5.82 Å². The van der Waals surface area contributed by atoms with Crippen molar-refractivity contribution in [3.8, 4) is 0 Å². The second kappa shape index (κ2) is 13.9. The molecule has 2 N–H and O–H groups in total. The van der Waals surface area contributed by atoms with Crippen LogP contribution in [0.25, 0.3) is 0 Å². The number of aromatic nitrogens is 1. The third-order valence-corrected chi connectivity index (χ3v) is 5.99. The molecule has 0 aliphatic rings. The predicted octanol–water partition coefficient (Wildman–Crippen LogP) is 5.73. The molecular weight excluding hydrogens is 480 g/mol. The van der Waals surface area contributed by atoms with Crippen LogP contribution in [-0.4, -0.2) is 29.7 Å². The Morgan fingerprint density at radius 1 is 0.812 bits per heavy atom. The summed E-state index contributed by atoms with van der Waals surface area (Å²) in [5, 5.41) is 7.39. The van der Waals surface area contributed by atoms with Crippen LogP contribution in [0.4, 0.5) is 5.82 Å². The molecule has 3 rings (SSSR count). The molecule has 0 amide bonds. The Bertz CT molecular complexity index is 920. The minimum absolute atomic E-state index is 0.745. The Morgan fingerprint density at radius 2 is 1.53 bits per heavy atom. The van der Waals surface area contributed by atoms with Gasteiger partial charge in [0.25, 0.3) is 0 Å². The third kappa shape index (κ3) is 8.97. The van der Waals surface area contributed by atoms with Gasteiger partial charge in [-0.1, -0.05) is 64.5 Å². The Balaban J connectivity index is 1.34. The topological polar surface area (TPSA) is 40.2 Å². The first-order chi connectivity index (χ1) is 15.7. The van der Waals surface area contributed by atoms with E-state index >= 15 is 0 Å². The maximum absolute atomic E-state index is 5.41. The van der Waals surface area contributed by atoms with E-state index in [1.165, 1.54) is 11.1 Å². The van der Waals surface area contributed by atoms with Gasteiger partial charge in [-0.15, -0.1) is 0 Å². The zero-order valence-corrected chi connectivity index (χ0v) is 20.7. The van der Waals surface area contributed by atoms with Crippen molar-refractivity contribution in [2.45, 2.75) is 32.2 Å². The summed E-state index contributed by atoms with van der Waals surface area (Å²) in [6.45, 7) is 3.56. The van der Waals surface area contributed by atoms with Crippen LogP contribution in [0.3, 0.4) is 0 Å². The molecule has 0 spiro atoms. The highest BCUT2D eigenvalue weighted by Gasteiger charge is 2.08. The third-order valence-electron chi connectivity index (χ3n) is 5.17. The van der Waals surface area contributed by atoms with Crippen LogP contribution in [-0.2, 0) is 13.0 Å². The quantitative estimate of drug-likeness (QED) is 0.240. The summed E-state index contributed by atoms with van der Waals surface area (Å²) in [6, 6.07) is 25.1. The Hall–Kier alpha value is -2.44. The molecule has 0 atom stereocenters. The van der Waals surface area contributed by atoms with Gasteiger partial charge in [0.05, 0.1) is 0 Å². The number of aryl methyl sites for hydroxylation is 1. The molecule has 0 bridgehead atoms. The van der Waals surface area contributed by atoms with Crippen molar-refractivity contribution in [3.63, 3.8) is 0 Å². The second-order valence-corrected chi connectivity index (χ2v) is 9.04. The molecule has 0 aliphatic carbocycles. The van der Waals surface area contributed by atoms with E-state index in [0.717, 1.165) is 67.3 Å². The molecule has 1 aromatic heterocycles. The number of halogens is 1. The normalized spacial score (nSPS) is 10.5. The Morgan fingerprint density at radius 3 is 2.25 bits per heavy atom. The molecule has 0 saturated heterocycles. The molecule has 2 aromatic carbocycles. The van der Waals surface area contributed by atoms with Gasteiger partial charge >= 0.3 is 0 Å². The van der Waals surface area contributed by atoms with Crippen molar-refractivity contribution in [1.82, 2.24) is 15.6 Å². The fraction of sp³-hybridized carbons (Fsp3) is 0.308. The molecular formula is C26H31BrN4S. The van der Waals surface area contributed by atoms with Gasteiger partial charge in [-0.25, -0.2) is 4.98 Å². The molecule has 4 nitrogen and oxygen atoms in total. The summed E-state index contributed by atoms with van der Waals surface area (Å²) in [7, 11) is 0. The lowest BCUT2D eigenvalue weighted by Gasteiger charge is -2.24.